The van der Waals surface area contributed by atoms with Gasteiger partial charge in [-0.1, -0.05) is 19.3 Å². The highest BCUT2D eigenvalue weighted by Crippen LogP contribution is 2.31. The van der Waals surface area contributed by atoms with Gasteiger partial charge in [-0.25, -0.2) is 0 Å². The van der Waals surface area contributed by atoms with E-state index in [1.807, 2.05) is 12.1 Å². The number of nitrogens with one attached hydrogen (secondary N) is 1. The molecule has 5 heteroatoms. The Kier molecular flexibility index (Phi) is 5.01. The second-order valence-corrected chi connectivity index (χ2v) is 6.50. The molecule has 0 aromatic heterocycles. The molecule has 0 radical (unpaired) electrons. The van der Waals surface area contributed by atoms with Gasteiger partial charge in [-0.3, -0.25) is 10.1 Å². The number of benzene rings is 1. The summed E-state index contributed by atoms with van der Waals surface area (Å²) in [6.07, 6.45) is 6.35. The molecule has 1 N–H and O–H groups in total. The van der Waals surface area contributed by atoms with E-state index in [9.17, 15) is 10.1 Å². The van der Waals surface area contributed by atoms with Gasteiger partial charge >= 0.3 is 0 Å². The Balaban J connectivity index is 2.11. The van der Waals surface area contributed by atoms with E-state index in [0.717, 1.165) is 3.57 Å². The Bertz CT molecular complexity index is 459. The van der Waals surface area contributed by atoms with Gasteiger partial charge in [-0.2, -0.15) is 0 Å². The van der Waals surface area contributed by atoms with Gasteiger partial charge in [0.15, 0.2) is 0 Å². The predicted molar refractivity (Wildman–Crippen MR) is 85.5 cm³/mol. The summed E-state index contributed by atoms with van der Waals surface area (Å²) in [5.41, 5.74) is 0.818. The van der Waals surface area contributed by atoms with Gasteiger partial charge in [0.25, 0.3) is 5.69 Å². The third kappa shape index (κ3) is 3.81. The number of anilines is 1. The van der Waals surface area contributed by atoms with E-state index < -0.39 is 0 Å². The van der Waals surface area contributed by atoms with Crippen LogP contribution < -0.4 is 5.32 Å². The Labute approximate surface area is 127 Å². The summed E-state index contributed by atoms with van der Waals surface area (Å²) in [6.45, 7) is 2.14. The standard InChI is InChI=1S/C14H19IN2O2/c1-10(11-5-3-2-4-6-11)16-13-8-7-12(15)9-14(13)17(18)19/h7-11,16H,2-6H2,1H3. The zero-order chi connectivity index (χ0) is 13.8. The van der Waals surface area contributed by atoms with Gasteiger partial charge in [-0.05, 0) is 60.4 Å². The number of hydrogen-bond donors (Lipinski definition) is 1. The number of nitro groups is 1. The fourth-order valence-electron chi connectivity index (χ4n) is 2.78. The number of hydrogen-bond acceptors (Lipinski definition) is 3. The minimum absolute atomic E-state index is 0.176. The van der Waals surface area contributed by atoms with Crippen LogP contribution in [0.1, 0.15) is 39.0 Å². The lowest BCUT2D eigenvalue weighted by molar-refractivity contribution is -0.384. The van der Waals surface area contributed by atoms with E-state index in [1.165, 1.54) is 32.1 Å². The van der Waals surface area contributed by atoms with Crippen molar-refractivity contribution in [2.75, 3.05) is 5.32 Å². The van der Waals surface area contributed by atoms with Crippen LogP contribution in [-0.4, -0.2) is 11.0 Å². The topological polar surface area (TPSA) is 55.2 Å². The van der Waals surface area contributed by atoms with Gasteiger partial charge in [0.2, 0.25) is 0 Å². The first-order valence-corrected chi connectivity index (χ1v) is 7.86. The first kappa shape index (κ1) is 14.6. The second kappa shape index (κ2) is 6.54. The molecule has 1 fully saturated rings. The highest BCUT2D eigenvalue weighted by Gasteiger charge is 2.22. The molecule has 1 saturated carbocycles. The Morgan fingerprint density at radius 1 is 1.37 bits per heavy atom. The minimum Gasteiger partial charge on any atom is -0.377 e. The molecule has 1 aliphatic carbocycles. The largest absolute Gasteiger partial charge is 0.377 e. The lowest BCUT2D eigenvalue weighted by Crippen LogP contribution is -2.27. The first-order valence-electron chi connectivity index (χ1n) is 6.78. The molecule has 0 saturated heterocycles. The maximum Gasteiger partial charge on any atom is 0.293 e. The third-order valence-corrected chi connectivity index (χ3v) is 4.57. The number of nitrogens with zero attached hydrogens (tertiary/aromatic N) is 1. The molecule has 2 rings (SSSR count). The SMILES string of the molecule is CC(Nc1ccc(I)cc1[N+](=O)[O-])C1CCCCC1. The molecule has 0 amide bonds. The molecule has 4 nitrogen and oxygen atoms in total. The molecule has 1 unspecified atom stereocenters. The van der Waals surface area contributed by atoms with Gasteiger partial charge < -0.3 is 5.32 Å². The molecule has 0 spiro atoms. The number of rotatable bonds is 4. The molecule has 1 aliphatic rings. The van der Waals surface area contributed by atoms with Crippen LogP contribution in [0.3, 0.4) is 0 Å². The summed E-state index contributed by atoms with van der Waals surface area (Å²) >= 11 is 2.10. The van der Waals surface area contributed by atoms with Crippen LogP contribution >= 0.6 is 22.6 Å². The molecule has 1 atom stereocenters. The smallest absolute Gasteiger partial charge is 0.293 e. The van der Waals surface area contributed by atoms with Crippen molar-refractivity contribution in [2.45, 2.75) is 45.1 Å². The third-order valence-electron chi connectivity index (χ3n) is 3.90. The van der Waals surface area contributed by atoms with Gasteiger partial charge in [-0.15, -0.1) is 0 Å². The fourth-order valence-corrected chi connectivity index (χ4v) is 3.25. The highest BCUT2D eigenvalue weighted by atomic mass is 127. The van der Waals surface area contributed by atoms with Gasteiger partial charge in [0.05, 0.1) is 4.92 Å². The maximum atomic E-state index is 11.1. The summed E-state index contributed by atoms with van der Waals surface area (Å²) in [5.74, 6) is 0.632. The molecule has 1 aromatic carbocycles. The Morgan fingerprint density at radius 3 is 2.68 bits per heavy atom. The van der Waals surface area contributed by atoms with Crippen molar-refractivity contribution in [2.24, 2.45) is 5.92 Å². The normalized spacial score (nSPS) is 18.0. The Hall–Kier alpha value is -0.850. The highest BCUT2D eigenvalue weighted by molar-refractivity contribution is 14.1. The minimum atomic E-state index is -0.307. The summed E-state index contributed by atoms with van der Waals surface area (Å²) in [5, 5.41) is 14.4. The maximum absolute atomic E-state index is 11.1. The summed E-state index contributed by atoms with van der Waals surface area (Å²) < 4.78 is 0.889. The van der Waals surface area contributed by atoms with E-state index >= 15 is 0 Å². The second-order valence-electron chi connectivity index (χ2n) is 5.25. The van der Waals surface area contributed by atoms with Gasteiger partial charge in [0, 0.05) is 15.7 Å². The predicted octanol–water partition coefficient (Wildman–Crippen LogP) is 4.58. The fraction of sp³-hybridized carbons (Fsp3) is 0.571. The van der Waals surface area contributed by atoms with Crippen molar-refractivity contribution < 1.29 is 4.92 Å². The summed E-state index contributed by atoms with van der Waals surface area (Å²) in [6, 6.07) is 5.64. The molecule has 0 bridgehead atoms. The van der Waals surface area contributed by atoms with E-state index in [1.54, 1.807) is 6.07 Å². The average molecular weight is 374 g/mol. The van der Waals surface area contributed by atoms with E-state index in [4.69, 9.17) is 0 Å². The van der Waals surface area contributed by atoms with Crippen molar-refractivity contribution in [3.05, 3.63) is 31.9 Å². The summed E-state index contributed by atoms with van der Waals surface area (Å²) in [7, 11) is 0. The zero-order valence-corrected chi connectivity index (χ0v) is 13.2. The van der Waals surface area contributed by atoms with Crippen LogP contribution in [0.15, 0.2) is 18.2 Å². The van der Waals surface area contributed by atoms with Crippen LogP contribution in [0.2, 0.25) is 0 Å². The van der Waals surface area contributed by atoms with E-state index in [0.29, 0.717) is 17.6 Å². The monoisotopic (exact) mass is 374 g/mol. The molecule has 19 heavy (non-hydrogen) atoms. The molecule has 0 aliphatic heterocycles. The van der Waals surface area contributed by atoms with Crippen LogP contribution in [-0.2, 0) is 0 Å². The Morgan fingerprint density at radius 2 is 2.05 bits per heavy atom. The lowest BCUT2D eigenvalue weighted by Gasteiger charge is -2.28. The van der Waals surface area contributed by atoms with Crippen molar-refractivity contribution in [3.63, 3.8) is 0 Å². The van der Waals surface area contributed by atoms with Crippen LogP contribution in [0.5, 0.6) is 0 Å². The van der Waals surface area contributed by atoms with E-state index in [2.05, 4.69) is 34.8 Å². The number of nitro benzene ring substituents is 1. The molecule has 0 heterocycles. The van der Waals surface area contributed by atoms with Crippen LogP contribution in [0, 0.1) is 19.6 Å². The quantitative estimate of drug-likeness (QED) is 0.477. The van der Waals surface area contributed by atoms with Crippen LogP contribution in [0.25, 0.3) is 0 Å². The van der Waals surface area contributed by atoms with Crippen molar-refractivity contribution in [3.8, 4) is 0 Å². The van der Waals surface area contributed by atoms with Gasteiger partial charge in [0.1, 0.15) is 5.69 Å². The first-order chi connectivity index (χ1) is 9.08. The van der Waals surface area contributed by atoms with Crippen molar-refractivity contribution in [1.29, 1.82) is 0 Å². The van der Waals surface area contributed by atoms with Crippen LogP contribution in [0.4, 0.5) is 11.4 Å². The molecule has 1 aromatic rings. The average Bonchev–Trinajstić information content (AvgIpc) is 2.41. The summed E-state index contributed by atoms with van der Waals surface area (Å²) in [4.78, 5) is 10.8. The molecular formula is C14H19IN2O2. The van der Waals surface area contributed by atoms with Crippen molar-refractivity contribution in [1.82, 2.24) is 0 Å². The number of halogens is 1. The molecule has 104 valence electrons. The lowest BCUT2D eigenvalue weighted by atomic mass is 9.84. The van der Waals surface area contributed by atoms with Crippen molar-refractivity contribution >= 4 is 34.0 Å². The molecular weight excluding hydrogens is 355 g/mol. The zero-order valence-electron chi connectivity index (χ0n) is 11.1. The van der Waals surface area contributed by atoms with E-state index in [-0.39, 0.29) is 10.6 Å².